The van der Waals surface area contributed by atoms with Gasteiger partial charge in [-0.05, 0) is 52.2 Å². The summed E-state index contributed by atoms with van der Waals surface area (Å²) in [6.45, 7) is 10.6. The summed E-state index contributed by atoms with van der Waals surface area (Å²) in [6.07, 6.45) is 1.64. The first-order chi connectivity index (χ1) is 10.2. The molecule has 1 aliphatic rings. The summed E-state index contributed by atoms with van der Waals surface area (Å²) in [7, 11) is 1.26. The van der Waals surface area contributed by atoms with E-state index in [-0.39, 0.29) is 6.03 Å². The zero-order chi connectivity index (χ0) is 16.5. The average Bonchev–Trinajstić information content (AvgIpc) is 2.67. The topological polar surface area (TPSA) is 63.7 Å². The van der Waals surface area contributed by atoms with E-state index < -0.39 is 18.3 Å². The van der Waals surface area contributed by atoms with Crippen molar-refractivity contribution in [1.29, 1.82) is 0 Å². The minimum atomic E-state index is -0.465. The molecule has 7 heteroatoms. The Labute approximate surface area is 132 Å². The Hall–Kier alpha value is -1.60. The van der Waals surface area contributed by atoms with Crippen LogP contribution in [0.3, 0.4) is 0 Å². The second-order valence-electron chi connectivity index (χ2n) is 6.51. The lowest BCUT2D eigenvalue weighted by atomic mass is 9.80. The van der Waals surface area contributed by atoms with E-state index in [4.69, 9.17) is 9.31 Å². The van der Waals surface area contributed by atoms with Gasteiger partial charge in [-0.2, -0.15) is 0 Å². The maximum Gasteiger partial charge on any atom is 0.495 e. The van der Waals surface area contributed by atoms with Gasteiger partial charge in [0.2, 0.25) is 0 Å². The van der Waals surface area contributed by atoms with Crippen LogP contribution in [0.25, 0.3) is 0 Å². The Kier molecular flexibility index (Phi) is 4.49. The molecule has 0 atom stereocenters. The van der Waals surface area contributed by atoms with Gasteiger partial charge in [0.15, 0.2) is 0 Å². The standard InChI is InChI=1S/C15H24BN3O3/c1-7-19(6)13(20)18-12-10-11(8-9-17-12)16-21-14(2,3)15(4,5)22-16/h8-10H,7H2,1-6H3,(H,17,18,20). The van der Waals surface area contributed by atoms with Gasteiger partial charge in [-0.1, -0.05) is 0 Å². The van der Waals surface area contributed by atoms with E-state index in [9.17, 15) is 4.79 Å². The van der Waals surface area contributed by atoms with Crippen LogP contribution in [0, 0.1) is 0 Å². The van der Waals surface area contributed by atoms with E-state index in [2.05, 4.69) is 10.3 Å². The SMILES string of the molecule is CCN(C)C(=O)Nc1cc(B2OC(C)(C)C(C)(C)O2)ccn1. The van der Waals surface area contributed by atoms with Gasteiger partial charge in [0.25, 0.3) is 0 Å². The van der Waals surface area contributed by atoms with Crippen LogP contribution in [-0.2, 0) is 9.31 Å². The molecular formula is C15H24BN3O3. The molecule has 0 radical (unpaired) electrons. The summed E-state index contributed by atoms with van der Waals surface area (Å²) in [5, 5.41) is 2.76. The van der Waals surface area contributed by atoms with E-state index in [1.54, 1.807) is 24.2 Å². The van der Waals surface area contributed by atoms with Crippen LogP contribution in [0.2, 0.25) is 0 Å². The highest BCUT2D eigenvalue weighted by Gasteiger charge is 2.51. The summed E-state index contributed by atoms with van der Waals surface area (Å²) in [5.41, 5.74) is 0.0441. The van der Waals surface area contributed by atoms with Crippen LogP contribution >= 0.6 is 0 Å². The van der Waals surface area contributed by atoms with Crippen LogP contribution in [0.1, 0.15) is 34.6 Å². The summed E-state index contributed by atoms with van der Waals surface area (Å²) < 4.78 is 12.0. The number of aromatic nitrogens is 1. The Balaban J connectivity index is 2.15. The van der Waals surface area contributed by atoms with E-state index in [0.717, 1.165) is 5.46 Å². The summed E-state index contributed by atoms with van der Waals surface area (Å²) in [4.78, 5) is 17.6. The number of urea groups is 1. The van der Waals surface area contributed by atoms with Gasteiger partial charge in [-0.25, -0.2) is 9.78 Å². The molecule has 1 aliphatic heterocycles. The second-order valence-corrected chi connectivity index (χ2v) is 6.51. The molecule has 120 valence electrons. The number of nitrogens with zero attached hydrogens (tertiary/aromatic N) is 2. The van der Waals surface area contributed by atoms with Crippen molar-refractivity contribution in [3.63, 3.8) is 0 Å². The highest BCUT2D eigenvalue weighted by molar-refractivity contribution is 6.62. The van der Waals surface area contributed by atoms with E-state index >= 15 is 0 Å². The molecule has 2 heterocycles. The summed E-state index contributed by atoms with van der Waals surface area (Å²) in [5.74, 6) is 0.484. The first kappa shape index (κ1) is 16.8. The van der Waals surface area contributed by atoms with E-state index in [0.29, 0.717) is 12.4 Å². The number of pyridine rings is 1. The quantitative estimate of drug-likeness (QED) is 0.866. The third-order valence-electron chi connectivity index (χ3n) is 4.37. The molecule has 0 aliphatic carbocycles. The van der Waals surface area contributed by atoms with Crippen LogP contribution in [0.5, 0.6) is 0 Å². The van der Waals surface area contributed by atoms with Crippen LogP contribution < -0.4 is 10.8 Å². The Morgan fingerprint density at radius 1 is 1.32 bits per heavy atom. The van der Waals surface area contributed by atoms with Crippen molar-refractivity contribution in [3.05, 3.63) is 18.3 Å². The molecule has 1 saturated heterocycles. The van der Waals surface area contributed by atoms with Gasteiger partial charge < -0.3 is 14.2 Å². The highest BCUT2D eigenvalue weighted by Crippen LogP contribution is 2.36. The van der Waals surface area contributed by atoms with Crippen molar-refractivity contribution >= 4 is 24.4 Å². The maximum absolute atomic E-state index is 11.9. The van der Waals surface area contributed by atoms with Crippen molar-refractivity contribution < 1.29 is 14.1 Å². The molecule has 1 aromatic heterocycles. The lowest BCUT2D eigenvalue weighted by Crippen LogP contribution is -2.41. The number of carbonyl (C=O) groups is 1. The van der Waals surface area contributed by atoms with Crippen LogP contribution in [0.4, 0.5) is 10.6 Å². The average molecular weight is 305 g/mol. The van der Waals surface area contributed by atoms with E-state index in [1.165, 1.54) is 0 Å². The molecule has 0 aromatic carbocycles. The number of carbonyl (C=O) groups excluding carboxylic acids is 1. The molecule has 0 spiro atoms. The van der Waals surface area contributed by atoms with Crippen molar-refractivity contribution in [2.75, 3.05) is 18.9 Å². The number of hydrogen-bond donors (Lipinski definition) is 1. The third kappa shape index (κ3) is 3.25. The third-order valence-corrected chi connectivity index (χ3v) is 4.37. The van der Waals surface area contributed by atoms with E-state index in [1.807, 2.05) is 40.7 Å². The molecular weight excluding hydrogens is 281 g/mol. The predicted molar refractivity (Wildman–Crippen MR) is 87.3 cm³/mol. The predicted octanol–water partition coefficient (Wildman–Crippen LogP) is 1.86. The Morgan fingerprint density at radius 3 is 2.45 bits per heavy atom. The zero-order valence-electron chi connectivity index (χ0n) is 14.1. The lowest BCUT2D eigenvalue weighted by molar-refractivity contribution is 0.00578. The fraction of sp³-hybridized carbons (Fsp3) is 0.600. The second kappa shape index (κ2) is 5.89. The normalized spacial score (nSPS) is 19.1. The molecule has 1 fully saturated rings. The number of nitrogens with one attached hydrogen (secondary N) is 1. The van der Waals surface area contributed by atoms with Gasteiger partial charge in [0.05, 0.1) is 11.2 Å². The van der Waals surface area contributed by atoms with Gasteiger partial charge in [0.1, 0.15) is 5.82 Å². The first-order valence-corrected chi connectivity index (χ1v) is 7.50. The molecule has 2 rings (SSSR count). The zero-order valence-corrected chi connectivity index (χ0v) is 14.1. The maximum atomic E-state index is 11.9. The fourth-order valence-electron chi connectivity index (χ4n) is 1.99. The molecule has 1 aromatic rings. The smallest absolute Gasteiger partial charge is 0.399 e. The molecule has 2 amide bonds. The van der Waals surface area contributed by atoms with Gasteiger partial charge in [-0.15, -0.1) is 0 Å². The number of anilines is 1. The van der Waals surface area contributed by atoms with Crippen molar-refractivity contribution in [3.8, 4) is 0 Å². The summed E-state index contributed by atoms with van der Waals surface area (Å²) >= 11 is 0. The molecule has 0 unspecified atom stereocenters. The van der Waals surface area contributed by atoms with Crippen molar-refractivity contribution in [1.82, 2.24) is 9.88 Å². The number of rotatable bonds is 3. The van der Waals surface area contributed by atoms with Crippen LogP contribution in [0.15, 0.2) is 18.3 Å². The monoisotopic (exact) mass is 305 g/mol. The van der Waals surface area contributed by atoms with Gasteiger partial charge in [0, 0.05) is 19.8 Å². The molecule has 0 bridgehead atoms. The fourth-order valence-corrected chi connectivity index (χ4v) is 1.99. The number of amides is 2. The minimum absolute atomic E-state index is 0.193. The minimum Gasteiger partial charge on any atom is -0.399 e. The van der Waals surface area contributed by atoms with Crippen molar-refractivity contribution in [2.45, 2.75) is 45.8 Å². The summed E-state index contributed by atoms with van der Waals surface area (Å²) in [6, 6.07) is 3.42. The lowest BCUT2D eigenvalue weighted by Gasteiger charge is -2.32. The highest BCUT2D eigenvalue weighted by atomic mass is 16.7. The van der Waals surface area contributed by atoms with Crippen LogP contribution in [-0.4, -0.2) is 47.8 Å². The molecule has 0 saturated carbocycles. The Morgan fingerprint density at radius 2 is 1.91 bits per heavy atom. The number of hydrogen-bond acceptors (Lipinski definition) is 4. The first-order valence-electron chi connectivity index (χ1n) is 7.50. The molecule has 1 N–H and O–H groups in total. The van der Waals surface area contributed by atoms with Gasteiger partial charge >= 0.3 is 13.1 Å². The van der Waals surface area contributed by atoms with Gasteiger partial charge in [-0.3, -0.25) is 5.32 Å². The van der Waals surface area contributed by atoms with Crippen molar-refractivity contribution in [2.24, 2.45) is 0 Å². The molecule has 6 nitrogen and oxygen atoms in total. The molecule has 22 heavy (non-hydrogen) atoms. The Bertz CT molecular complexity index is 547. The largest absolute Gasteiger partial charge is 0.495 e.